The van der Waals surface area contributed by atoms with Gasteiger partial charge < -0.3 is 14.7 Å². The number of hydrogen-bond donors (Lipinski definition) is 1. The van der Waals surface area contributed by atoms with Crippen LogP contribution in [-0.2, 0) is 14.3 Å². The first-order valence-corrected chi connectivity index (χ1v) is 7.61. The van der Waals surface area contributed by atoms with Gasteiger partial charge in [-0.2, -0.15) is 0 Å². The Labute approximate surface area is 133 Å². The number of Topliss-reactive ketones (excluding diaryl/α,β-unsaturated/α-hetero) is 1. The largest absolute Gasteiger partial charge is 0.503 e. The maximum Gasteiger partial charge on any atom is 0.290 e. The Bertz CT molecular complexity index is 662. The van der Waals surface area contributed by atoms with Crippen molar-refractivity contribution in [1.82, 2.24) is 4.90 Å². The zero-order chi connectivity index (χ0) is 16.6. The van der Waals surface area contributed by atoms with Gasteiger partial charge >= 0.3 is 0 Å². The molecule has 122 valence electrons. The fourth-order valence-electron chi connectivity index (χ4n) is 3.20. The van der Waals surface area contributed by atoms with Crippen molar-refractivity contribution in [2.45, 2.75) is 31.9 Å². The van der Waals surface area contributed by atoms with E-state index in [1.807, 2.05) is 0 Å². The molecule has 23 heavy (non-hydrogen) atoms. The van der Waals surface area contributed by atoms with Gasteiger partial charge in [-0.25, -0.2) is 4.39 Å². The number of rotatable bonds is 4. The van der Waals surface area contributed by atoms with Gasteiger partial charge in [0.15, 0.2) is 11.5 Å². The molecule has 0 saturated carbocycles. The molecule has 6 heteroatoms. The van der Waals surface area contributed by atoms with Crippen molar-refractivity contribution in [3.63, 3.8) is 0 Å². The van der Waals surface area contributed by atoms with Gasteiger partial charge in [-0.1, -0.05) is 12.1 Å². The summed E-state index contributed by atoms with van der Waals surface area (Å²) < 4.78 is 18.7. The normalized spacial score (nSPS) is 24.6. The molecule has 1 aromatic carbocycles. The van der Waals surface area contributed by atoms with Crippen molar-refractivity contribution < 1.29 is 23.8 Å². The molecule has 3 rings (SSSR count). The lowest BCUT2D eigenvalue weighted by Gasteiger charge is -2.28. The van der Waals surface area contributed by atoms with Crippen LogP contribution >= 0.6 is 0 Å². The molecular weight excluding hydrogens is 301 g/mol. The van der Waals surface area contributed by atoms with Crippen LogP contribution in [-0.4, -0.2) is 41.0 Å². The zero-order valence-electron chi connectivity index (χ0n) is 12.8. The first kappa shape index (κ1) is 15.7. The highest BCUT2D eigenvalue weighted by Gasteiger charge is 2.43. The summed E-state index contributed by atoms with van der Waals surface area (Å²) in [7, 11) is 0. The maximum absolute atomic E-state index is 13.2. The number of ether oxygens (including phenoxy) is 1. The molecule has 0 spiro atoms. The molecule has 1 saturated heterocycles. The van der Waals surface area contributed by atoms with Gasteiger partial charge in [-0.05, 0) is 37.5 Å². The average molecular weight is 319 g/mol. The minimum absolute atomic E-state index is 0.0552. The maximum atomic E-state index is 13.2. The molecule has 1 aromatic rings. The topological polar surface area (TPSA) is 66.8 Å². The lowest BCUT2D eigenvalue weighted by atomic mass is 9.96. The monoisotopic (exact) mass is 319 g/mol. The highest BCUT2D eigenvalue weighted by atomic mass is 19.1. The van der Waals surface area contributed by atoms with Crippen molar-refractivity contribution in [2.24, 2.45) is 0 Å². The van der Waals surface area contributed by atoms with E-state index in [-0.39, 0.29) is 17.5 Å². The van der Waals surface area contributed by atoms with Crippen LogP contribution in [0.1, 0.15) is 31.4 Å². The number of aliphatic hydroxyl groups is 1. The van der Waals surface area contributed by atoms with E-state index in [0.717, 1.165) is 12.8 Å². The van der Waals surface area contributed by atoms with Gasteiger partial charge in [-0.15, -0.1) is 0 Å². The van der Waals surface area contributed by atoms with Crippen LogP contribution in [0.4, 0.5) is 4.39 Å². The first-order valence-electron chi connectivity index (χ1n) is 7.61. The van der Waals surface area contributed by atoms with Gasteiger partial charge in [0.25, 0.3) is 5.91 Å². The van der Waals surface area contributed by atoms with Crippen molar-refractivity contribution in [2.75, 3.05) is 13.2 Å². The highest BCUT2D eigenvalue weighted by molar-refractivity contribution is 6.08. The van der Waals surface area contributed by atoms with E-state index in [9.17, 15) is 19.1 Å². The minimum atomic E-state index is -0.704. The van der Waals surface area contributed by atoms with Gasteiger partial charge in [0.2, 0.25) is 0 Å². The molecule has 0 aromatic heterocycles. The molecule has 0 unspecified atom stereocenters. The molecule has 0 bridgehead atoms. The van der Waals surface area contributed by atoms with Crippen LogP contribution in [0.2, 0.25) is 0 Å². The second-order valence-electron chi connectivity index (χ2n) is 5.87. The van der Waals surface area contributed by atoms with Gasteiger partial charge in [0.05, 0.1) is 17.7 Å². The third-order valence-electron chi connectivity index (χ3n) is 4.29. The third-order valence-corrected chi connectivity index (χ3v) is 4.29. The van der Waals surface area contributed by atoms with Gasteiger partial charge in [0.1, 0.15) is 5.82 Å². The third kappa shape index (κ3) is 2.86. The summed E-state index contributed by atoms with van der Waals surface area (Å²) in [5.74, 6) is -1.88. The smallest absolute Gasteiger partial charge is 0.290 e. The number of benzene rings is 1. The molecule has 0 radical (unpaired) electrons. The molecule has 1 amide bonds. The molecule has 1 fully saturated rings. The number of halogens is 1. The zero-order valence-corrected chi connectivity index (χ0v) is 12.8. The molecule has 1 N–H and O–H groups in total. The summed E-state index contributed by atoms with van der Waals surface area (Å²) >= 11 is 0. The van der Waals surface area contributed by atoms with Crippen LogP contribution in [0, 0.1) is 5.82 Å². The van der Waals surface area contributed by atoms with Crippen molar-refractivity contribution in [1.29, 1.82) is 0 Å². The number of carbonyl (C=O) groups is 2. The Kier molecular flexibility index (Phi) is 4.17. The first-order chi connectivity index (χ1) is 11.0. The molecule has 5 nitrogen and oxygen atoms in total. The number of ketones is 1. The Hall–Kier alpha value is -2.21. The van der Waals surface area contributed by atoms with Crippen LogP contribution in [0.3, 0.4) is 0 Å². The van der Waals surface area contributed by atoms with Crippen LogP contribution in [0.25, 0.3) is 0 Å². The highest BCUT2D eigenvalue weighted by Crippen LogP contribution is 2.38. The standard InChI is InChI=1S/C17H18FNO4/c1-10(20)14-15(11-4-6-12(18)7-5-11)19(17(22)16(14)21)9-13-3-2-8-23-13/h4-7,13,15,21H,2-3,8-9H2,1H3/t13-,15+/m1/s1. The molecule has 2 aliphatic rings. The SMILES string of the molecule is CC(=O)C1=C(O)C(=O)N(C[C@H]2CCCO2)[C@H]1c1ccc(F)cc1. The number of aliphatic hydroxyl groups excluding tert-OH is 1. The minimum Gasteiger partial charge on any atom is -0.503 e. The number of amides is 1. The Balaban J connectivity index is 1.98. The number of carbonyl (C=O) groups excluding carboxylic acids is 2. The number of nitrogens with zero attached hydrogens (tertiary/aromatic N) is 1. The van der Waals surface area contributed by atoms with E-state index in [0.29, 0.717) is 18.7 Å². The Morgan fingerprint density at radius 1 is 1.39 bits per heavy atom. The summed E-state index contributed by atoms with van der Waals surface area (Å²) in [6.07, 6.45) is 1.64. The Morgan fingerprint density at radius 3 is 2.65 bits per heavy atom. The Morgan fingerprint density at radius 2 is 2.09 bits per heavy atom. The van der Waals surface area contributed by atoms with Gasteiger partial charge in [-0.3, -0.25) is 9.59 Å². The van der Waals surface area contributed by atoms with E-state index >= 15 is 0 Å². The quantitative estimate of drug-likeness (QED) is 0.924. The lowest BCUT2D eigenvalue weighted by molar-refractivity contribution is -0.131. The molecule has 2 heterocycles. The fraction of sp³-hybridized carbons (Fsp3) is 0.412. The lowest BCUT2D eigenvalue weighted by Crippen LogP contribution is -2.37. The second kappa shape index (κ2) is 6.12. The van der Waals surface area contributed by atoms with Crippen LogP contribution < -0.4 is 0 Å². The summed E-state index contributed by atoms with van der Waals surface area (Å²) in [6, 6.07) is 4.90. The van der Waals surface area contributed by atoms with Gasteiger partial charge in [0, 0.05) is 13.2 Å². The predicted octanol–water partition coefficient (Wildman–Crippen LogP) is 2.29. The molecular formula is C17H18FNO4. The van der Waals surface area contributed by atoms with Crippen molar-refractivity contribution in [3.8, 4) is 0 Å². The van der Waals surface area contributed by atoms with Crippen LogP contribution in [0.15, 0.2) is 35.6 Å². The second-order valence-corrected chi connectivity index (χ2v) is 5.87. The number of hydrogen-bond acceptors (Lipinski definition) is 4. The van der Waals surface area contributed by atoms with E-state index in [2.05, 4.69) is 0 Å². The van der Waals surface area contributed by atoms with E-state index in [1.165, 1.54) is 36.1 Å². The fourth-order valence-corrected chi connectivity index (χ4v) is 3.20. The summed E-state index contributed by atoms with van der Waals surface area (Å²) in [4.78, 5) is 25.8. The van der Waals surface area contributed by atoms with E-state index < -0.39 is 23.5 Å². The van der Waals surface area contributed by atoms with Crippen molar-refractivity contribution >= 4 is 11.7 Å². The van der Waals surface area contributed by atoms with Crippen molar-refractivity contribution in [3.05, 3.63) is 47.0 Å². The predicted molar refractivity (Wildman–Crippen MR) is 80.2 cm³/mol. The van der Waals surface area contributed by atoms with Crippen LogP contribution in [0.5, 0.6) is 0 Å². The molecule has 2 aliphatic heterocycles. The summed E-state index contributed by atoms with van der Waals surface area (Å²) in [5.41, 5.74) is 0.645. The summed E-state index contributed by atoms with van der Waals surface area (Å²) in [6.45, 7) is 2.25. The summed E-state index contributed by atoms with van der Waals surface area (Å²) in [5, 5.41) is 10.1. The van der Waals surface area contributed by atoms with E-state index in [4.69, 9.17) is 4.74 Å². The molecule has 2 atom stereocenters. The average Bonchev–Trinajstić information content (AvgIpc) is 3.10. The molecule has 0 aliphatic carbocycles. The van der Waals surface area contributed by atoms with E-state index in [1.54, 1.807) is 0 Å².